The summed E-state index contributed by atoms with van der Waals surface area (Å²) in [5, 5.41) is 2.16. The highest BCUT2D eigenvalue weighted by Gasteiger charge is 2.14. The molecule has 0 aliphatic heterocycles. The maximum absolute atomic E-state index is 3.81. The fourth-order valence-corrected chi connectivity index (χ4v) is 3.94. The van der Waals surface area contributed by atoms with Crippen LogP contribution in [0, 0.1) is 6.92 Å². The van der Waals surface area contributed by atoms with Gasteiger partial charge in [-0.3, -0.25) is 0 Å². The van der Waals surface area contributed by atoms with Crippen LogP contribution in [0.3, 0.4) is 0 Å². The van der Waals surface area contributed by atoms with Crippen LogP contribution in [0.25, 0.3) is 0 Å². The molecule has 0 bridgehead atoms. The number of rotatable bonds is 4. The highest BCUT2D eigenvalue weighted by molar-refractivity contribution is 9.09. The van der Waals surface area contributed by atoms with E-state index in [1.807, 2.05) is 11.3 Å². The Bertz CT molecular complexity index is 498. The average molecular weight is 323 g/mol. The second-order valence-corrected chi connectivity index (χ2v) is 6.67. The van der Waals surface area contributed by atoms with E-state index in [4.69, 9.17) is 0 Å². The summed E-state index contributed by atoms with van der Waals surface area (Å²) in [7, 11) is 0. The van der Waals surface area contributed by atoms with Crippen LogP contribution in [0.5, 0.6) is 0 Å². The standard InChI is InChI=1S/C16H19BrS/c1-4-11(2)13-5-7-14(8-6-13)15(17)16-12(3)9-10-18-16/h5-11,15H,4H2,1-3H3. The molecule has 0 spiro atoms. The average Bonchev–Trinajstić information content (AvgIpc) is 2.83. The molecule has 96 valence electrons. The number of thiophene rings is 1. The van der Waals surface area contributed by atoms with Crippen molar-refractivity contribution in [1.29, 1.82) is 0 Å². The van der Waals surface area contributed by atoms with Crippen LogP contribution in [0.4, 0.5) is 0 Å². The van der Waals surface area contributed by atoms with Gasteiger partial charge in [0.15, 0.2) is 0 Å². The van der Waals surface area contributed by atoms with E-state index in [-0.39, 0.29) is 0 Å². The molecule has 2 atom stereocenters. The number of hydrogen-bond donors (Lipinski definition) is 0. The maximum Gasteiger partial charge on any atom is 0.0740 e. The zero-order chi connectivity index (χ0) is 13.1. The highest BCUT2D eigenvalue weighted by Crippen LogP contribution is 2.36. The Kier molecular flexibility index (Phi) is 4.63. The van der Waals surface area contributed by atoms with Crippen molar-refractivity contribution in [2.45, 2.75) is 37.9 Å². The Morgan fingerprint density at radius 2 is 1.72 bits per heavy atom. The van der Waals surface area contributed by atoms with Gasteiger partial charge in [-0.05, 0) is 47.4 Å². The summed E-state index contributed by atoms with van der Waals surface area (Å²) in [6.45, 7) is 6.69. The molecule has 0 aliphatic rings. The van der Waals surface area contributed by atoms with Gasteiger partial charge in [-0.25, -0.2) is 0 Å². The van der Waals surface area contributed by atoms with E-state index < -0.39 is 0 Å². The number of hydrogen-bond acceptors (Lipinski definition) is 1. The van der Waals surface area contributed by atoms with Gasteiger partial charge in [0, 0.05) is 4.88 Å². The fraction of sp³-hybridized carbons (Fsp3) is 0.375. The van der Waals surface area contributed by atoms with Crippen LogP contribution in [0.15, 0.2) is 35.7 Å². The van der Waals surface area contributed by atoms with Crippen LogP contribution >= 0.6 is 27.3 Å². The van der Waals surface area contributed by atoms with E-state index in [1.54, 1.807) is 0 Å². The van der Waals surface area contributed by atoms with Crippen molar-refractivity contribution < 1.29 is 0 Å². The van der Waals surface area contributed by atoms with E-state index >= 15 is 0 Å². The van der Waals surface area contributed by atoms with Crippen molar-refractivity contribution in [3.63, 3.8) is 0 Å². The van der Waals surface area contributed by atoms with E-state index in [2.05, 4.69) is 72.4 Å². The van der Waals surface area contributed by atoms with Gasteiger partial charge in [0.2, 0.25) is 0 Å². The van der Waals surface area contributed by atoms with Crippen molar-refractivity contribution in [3.05, 3.63) is 57.3 Å². The monoisotopic (exact) mass is 322 g/mol. The predicted molar refractivity (Wildman–Crippen MR) is 85.0 cm³/mol. The summed E-state index contributed by atoms with van der Waals surface area (Å²) in [6.07, 6.45) is 1.20. The Balaban J connectivity index is 2.22. The molecule has 1 aromatic heterocycles. The molecule has 0 N–H and O–H groups in total. The molecule has 0 fully saturated rings. The summed E-state index contributed by atoms with van der Waals surface area (Å²) < 4.78 is 0. The van der Waals surface area contributed by atoms with Crippen molar-refractivity contribution in [3.8, 4) is 0 Å². The van der Waals surface area contributed by atoms with Crippen LogP contribution in [0.2, 0.25) is 0 Å². The van der Waals surface area contributed by atoms with Gasteiger partial charge in [0.1, 0.15) is 0 Å². The molecule has 0 nitrogen and oxygen atoms in total. The van der Waals surface area contributed by atoms with Gasteiger partial charge >= 0.3 is 0 Å². The Morgan fingerprint density at radius 3 is 2.22 bits per heavy atom. The van der Waals surface area contributed by atoms with Gasteiger partial charge in [-0.15, -0.1) is 11.3 Å². The summed E-state index contributed by atoms with van der Waals surface area (Å²) in [5.41, 5.74) is 4.14. The second kappa shape index (κ2) is 6.03. The molecule has 2 rings (SSSR count). The lowest BCUT2D eigenvalue weighted by atomic mass is 9.97. The Labute approximate surface area is 122 Å². The van der Waals surface area contributed by atoms with Gasteiger partial charge < -0.3 is 0 Å². The van der Waals surface area contributed by atoms with E-state index in [0.29, 0.717) is 10.7 Å². The molecule has 18 heavy (non-hydrogen) atoms. The zero-order valence-electron chi connectivity index (χ0n) is 11.1. The van der Waals surface area contributed by atoms with Crippen molar-refractivity contribution in [2.75, 3.05) is 0 Å². The van der Waals surface area contributed by atoms with Gasteiger partial charge in [0.25, 0.3) is 0 Å². The third kappa shape index (κ3) is 2.86. The summed E-state index contributed by atoms with van der Waals surface area (Å²) in [4.78, 5) is 1.73. The molecule has 0 saturated heterocycles. The molecule has 2 heteroatoms. The van der Waals surface area contributed by atoms with Crippen molar-refractivity contribution >= 4 is 27.3 Å². The quantitative estimate of drug-likeness (QED) is 0.600. The lowest BCUT2D eigenvalue weighted by molar-refractivity contribution is 0.733. The molecular weight excluding hydrogens is 304 g/mol. The largest absolute Gasteiger partial charge is 0.147 e. The number of halogens is 1. The summed E-state index contributed by atoms with van der Waals surface area (Å²) in [6, 6.07) is 11.2. The second-order valence-electron chi connectivity index (χ2n) is 4.81. The van der Waals surface area contributed by atoms with Crippen LogP contribution in [-0.2, 0) is 0 Å². The van der Waals surface area contributed by atoms with E-state index in [1.165, 1.54) is 28.0 Å². The van der Waals surface area contributed by atoms with Gasteiger partial charge in [-0.2, -0.15) is 0 Å². The molecule has 1 aromatic carbocycles. The third-order valence-corrected chi connectivity index (χ3v) is 5.92. The molecule has 1 heterocycles. The minimum atomic E-state index is 0.323. The first-order valence-electron chi connectivity index (χ1n) is 6.41. The summed E-state index contributed by atoms with van der Waals surface area (Å²) in [5.74, 6) is 0.649. The molecule has 2 unspecified atom stereocenters. The topological polar surface area (TPSA) is 0 Å². The van der Waals surface area contributed by atoms with Crippen LogP contribution in [0.1, 0.15) is 52.6 Å². The smallest absolute Gasteiger partial charge is 0.0740 e. The minimum Gasteiger partial charge on any atom is -0.147 e. The molecule has 0 radical (unpaired) electrons. The van der Waals surface area contributed by atoms with E-state index in [9.17, 15) is 0 Å². The van der Waals surface area contributed by atoms with Crippen LogP contribution < -0.4 is 0 Å². The number of aryl methyl sites for hydroxylation is 1. The zero-order valence-corrected chi connectivity index (χ0v) is 13.5. The molecule has 0 amide bonds. The number of benzene rings is 1. The summed E-state index contributed by atoms with van der Waals surface area (Å²) >= 11 is 5.63. The minimum absolute atomic E-state index is 0.323. The molecular formula is C16H19BrS. The first-order valence-corrected chi connectivity index (χ1v) is 8.21. The fourth-order valence-electron chi connectivity index (χ4n) is 2.02. The molecule has 0 saturated carbocycles. The van der Waals surface area contributed by atoms with Crippen molar-refractivity contribution in [1.82, 2.24) is 0 Å². The number of alkyl halides is 1. The Hall–Kier alpha value is -0.600. The molecule has 0 aliphatic carbocycles. The third-order valence-electron chi connectivity index (χ3n) is 3.54. The van der Waals surface area contributed by atoms with Crippen molar-refractivity contribution in [2.24, 2.45) is 0 Å². The maximum atomic E-state index is 3.81. The first-order chi connectivity index (χ1) is 8.63. The normalized spacial score (nSPS) is 14.4. The lowest BCUT2D eigenvalue weighted by Gasteiger charge is -2.13. The Morgan fingerprint density at radius 1 is 1.11 bits per heavy atom. The van der Waals surface area contributed by atoms with Gasteiger partial charge in [-0.1, -0.05) is 54.0 Å². The SMILES string of the molecule is CCC(C)c1ccc(C(Br)c2sccc2C)cc1. The molecule has 2 aromatic rings. The first kappa shape index (κ1) is 13.8. The predicted octanol–water partition coefficient (Wildman–Crippen LogP) is 6.05. The highest BCUT2D eigenvalue weighted by atomic mass is 79.9. The van der Waals surface area contributed by atoms with Gasteiger partial charge in [0.05, 0.1) is 4.83 Å². The van der Waals surface area contributed by atoms with Crippen LogP contribution in [-0.4, -0.2) is 0 Å². The lowest BCUT2D eigenvalue weighted by Crippen LogP contribution is -1.95. The van der Waals surface area contributed by atoms with E-state index in [0.717, 1.165) is 0 Å².